The number of carboxylic acids is 1. The third-order valence-corrected chi connectivity index (χ3v) is 15.0. The van der Waals surface area contributed by atoms with Crippen molar-refractivity contribution in [1.82, 2.24) is 0 Å². The number of carbonyl (C=O) groups is 3. The Hall–Kier alpha value is -6.13. The van der Waals surface area contributed by atoms with E-state index in [2.05, 4.69) is 220 Å². The minimum atomic E-state index is -1.64. The number of aliphatic carboxylic acids is 1. The average Bonchev–Trinajstić information content (AvgIpc) is 3.75. The van der Waals surface area contributed by atoms with Crippen LogP contribution in [-0.2, 0) is 33.3 Å². The number of quaternary nitrogens is 1. The molecule has 2 atom stereocenters. The first-order valence-electron chi connectivity index (χ1n) is 37.2. The van der Waals surface area contributed by atoms with Crippen molar-refractivity contribution >= 4 is 17.9 Å². The van der Waals surface area contributed by atoms with Crippen LogP contribution in [0.15, 0.2) is 207 Å². The van der Waals surface area contributed by atoms with Crippen molar-refractivity contribution in [3.05, 3.63) is 207 Å². The van der Waals surface area contributed by atoms with Crippen molar-refractivity contribution < 1.29 is 42.9 Å². The van der Waals surface area contributed by atoms with Crippen LogP contribution in [0, 0.1) is 0 Å². The number of nitrogens with zero attached hydrogens (tertiary/aromatic N) is 1. The molecule has 532 valence electrons. The molecule has 0 saturated heterocycles. The van der Waals surface area contributed by atoms with Crippen molar-refractivity contribution in [2.45, 2.75) is 270 Å². The lowest BCUT2D eigenvalue weighted by Crippen LogP contribution is -2.44. The molecule has 0 rings (SSSR count). The van der Waals surface area contributed by atoms with Crippen LogP contribution in [0.3, 0.4) is 0 Å². The lowest BCUT2D eigenvalue weighted by molar-refractivity contribution is -0.870. The molecule has 0 aliphatic carbocycles. The fourth-order valence-corrected chi connectivity index (χ4v) is 9.43. The second-order valence-electron chi connectivity index (χ2n) is 25.1. The second-order valence-corrected chi connectivity index (χ2v) is 25.1. The van der Waals surface area contributed by atoms with Crippen LogP contribution in [-0.4, -0.2) is 82.3 Å². The van der Waals surface area contributed by atoms with Crippen LogP contribution in [0.1, 0.15) is 258 Å². The molecule has 0 aromatic carbocycles. The molecule has 0 radical (unpaired) electrons. The molecule has 9 nitrogen and oxygen atoms in total. The van der Waals surface area contributed by atoms with Gasteiger partial charge in [0.2, 0.25) is 0 Å². The van der Waals surface area contributed by atoms with Gasteiger partial charge in [-0.15, -0.1) is 0 Å². The predicted octanol–water partition coefficient (Wildman–Crippen LogP) is 22.6. The van der Waals surface area contributed by atoms with E-state index in [1.807, 2.05) is 21.1 Å². The van der Waals surface area contributed by atoms with Gasteiger partial charge in [0.15, 0.2) is 12.4 Å². The third kappa shape index (κ3) is 75.1. The van der Waals surface area contributed by atoms with E-state index in [9.17, 15) is 19.5 Å². The molecule has 0 amide bonds. The van der Waals surface area contributed by atoms with Gasteiger partial charge in [-0.05, 0) is 148 Å². The van der Waals surface area contributed by atoms with E-state index in [0.29, 0.717) is 17.4 Å². The van der Waals surface area contributed by atoms with E-state index in [4.69, 9.17) is 18.9 Å². The lowest BCUT2D eigenvalue weighted by atomic mass is 10.1. The van der Waals surface area contributed by atoms with Crippen molar-refractivity contribution in [3.63, 3.8) is 0 Å². The van der Waals surface area contributed by atoms with E-state index < -0.39 is 24.3 Å². The summed E-state index contributed by atoms with van der Waals surface area (Å²) in [5.41, 5.74) is 0. The zero-order valence-electron chi connectivity index (χ0n) is 60.7. The highest BCUT2D eigenvalue weighted by atomic mass is 16.7. The molecule has 0 heterocycles. The van der Waals surface area contributed by atoms with Gasteiger partial charge in [0.25, 0.3) is 0 Å². The number of hydrogen-bond donors (Lipinski definition) is 0. The molecule has 0 aromatic heterocycles. The SMILES string of the molecule is CC/C=C\C/C=C\C/C=C\C/C=C\C/C=C\C/C=C\C/C=C\C/C=C\C/C=C\CCCCCCCCCCCC(=O)OC(COC(=O)CCCCCCCCCC/C=C\C/C=C\C/C=C\C/C=C\C/C=C\C/C=C\C/C=C\C/C=C\CC)COC(OCC[N+](C)(C)C)C(=O)[O-]. The van der Waals surface area contributed by atoms with Gasteiger partial charge in [-0.3, -0.25) is 9.59 Å². The highest BCUT2D eigenvalue weighted by Crippen LogP contribution is 2.15. The Labute approximate surface area is 582 Å². The smallest absolute Gasteiger partial charge is 0.306 e. The average molecular weight is 1310 g/mol. The Morgan fingerprint density at radius 2 is 0.568 bits per heavy atom. The Balaban J connectivity index is 4.21. The lowest BCUT2D eigenvalue weighted by Gasteiger charge is -2.26. The molecule has 9 heteroatoms. The molecule has 95 heavy (non-hydrogen) atoms. The Kier molecular flexibility index (Phi) is 68.9. The molecule has 0 aliphatic heterocycles. The van der Waals surface area contributed by atoms with Gasteiger partial charge in [-0.25, -0.2) is 0 Å². The van der Waals surface area contributed by atoms with Crippen LogP contribution < -0.4 is 5.11 Å². The van der Waals surface area contributed by atoms with Crippen molar-refractivity contribution in [2.24, 2.45) is 0 Å². The van der Waals surface area contributed by atoms with E-state index in [1.165, 1.54) is 57.8 Å². The first-order chi connectivity index (χ1) is 46.6. The number of unbranched alkanes of at least 4 members (excludes halogenated alkanes) is 17. The summed E-state index contributed by atoms with van der Waals surface area (Å²) in [5, 5.41) is 11.8. The minimum Gasteiger partial charge on any atom is -0.545 e. The summed E-state index contributed by atoms with van der Waals surface area (Å²) in [6.45, 7) is 4.48. The fraction of sp³-hybridized carbons (Fsp3) is 0.570. The molecule has 0 aromatic rings. The molecule has 2 unspecified atom stereocenters. The van der Waals surface area contributed by atoms with Crippen molar-refractivity contribution in [3.8, 4) is 0 Å². The maximum absolute atomic E-state index is 13.0. The highest BCUT2D eigenvalue weighted by molar-refractivity contribution is 5.70. The maximum Gasteiger partial charge on any atom is 0.306 e. The molecular formula is C86H135NO8. The number of rotatable bonds is 66. The quantitative estimate of drug-likeness (QED) is 0.0195. The zero-order chi connectivity index (χ0) is 69.0. The topological polar surface area (TPSA) is 111 Å². The maximum atomic E-state index is 13.0. The highest BCUT2D eigenvalue weighted by Gasteiger charge is 2.22. The molecular weight excluding hydrogens is 1170 g/mol. The number of allylic oxidation sites excluding steroid dienone is 34. The Morgan fingerprint density at radius 1 is 0.316 bits per heavy atom. The van der Waals surface area contributed by atoms with Crippen LogP contribution in [0.25, 0.3) is 0 Å². The van der Waals surface area contributed by atoms with Gasteiger partial charge in [0.1, 0.15) is 13.2 Å². The summed E-state index contributed by atoms with van der Waals surface area (Å²) in [7, 11) is 5.91. The van der Waals surface area contributed by atoms with Crippen molar-refractivity contribution in [2.75, 3.05) is 47.5 Å². The summed E-state index contributed by atoms with van der Waals surface area (Å²) in [6.07, 6.45) is 112. The summed E-state index contributed by atoms with van der Waals surface area (Å²) in [5.74, 6) is -2.32. The van der Waals surface area contributed by atoms with Crippen LogP contribution in [0.4, 0.5) is 0 Å². The van der Waals surface area contributed by atoms with Gasteiger partial charge < -0.3 is 33.3 Å². The van der Waals surface area contributed by atoms with Crippen LogP contribution >= 0.6 is 0 Å². The number of esters is 2. The molecule has 0 aliphatic rings. The summed E-state index contributed by atoms with van der Waals surface area (Å²) in [6, 6.07) is 0. The standard InChI is InChI=1S/C86H135NO8/c1-6-8-10-12-14-16-18-20-22-24-26-28-30-32-34-36-38-40-41-42-43-45-47-49-51-53-55-57-59-61-63-65-67-69-71-73-75-77-84(89)95-82(81-94-86(85(90)91)92-79-78-87(3,4)5)80-93-83(88)76-74-72-70-68-66-64-62-60-58-56-54-52-50-48-46-44-39-37-35-33-31-29-27-25-23-21-19-17-15-13-11-9-7-2/h8-11,14-17,20-23,26-29,32-35,38-40,42-44,47-50,53-56,82,86H,6-7,12-13,18-19,24-25,30-31,36-37,41,45-46,51-52,57-81H2,1-5H3/b10-8-,11-9-,16-14-,17-15-,22-20-,23-21-,28-26-,29-27-,34-32-,35-33-,40-38-,43-42-,44-39-,49-47-,50-48-,55-53-,56-54-. The molecule has 0 fully saturated rings. The zero-order valence-corrected chi connectivity index (χ0v) is 60.7. The van der Waals surface area contributed by atoms with Crippen molar-refractivity contribution in [1.29, 1.82) is 0 Å². The number of carbonyl (C=O) groups excluding carboxylic acids is 3. The summed E-state index contributed by atoms with van der Waals surface area (Å²) >= 11 is 0. The Bertz CT molecular complexity index is 2320. The molecule has 0 bridgehead atoms. The largest absolute Gasteiger partial charge is 0.545 e. The van der Waals surface area contributed by atoms with E-state index in [0.717, 1.165) is 167 Å². The fourth-order valence-electron chi connectivity index (χ4n) is 9.43. The monoisotopic (exact) mass is 1310 g/mol. The van der Waals surface area contributed by atoms with Gasteiger partial charge in [-0.2, -0.15) is 0 Å². The molecule has 0 spiro atoms. The number of hydrogen-bond acceptors (Lipinski definition) is 8. The van der Waals surface area contributed by atoms with E-state index in [1.54, 1.807) is 0 Å². The summed E-state index contributed by atoms with van der Waals surface area (Å²) in [4.78, 5) is 37.6. The van der Waals surface area contributed by atoms with Crippen LogP contribution in [0.2, 0.25) is 0 Å². The Morgan fingerprint density at radius 3 is 0.842 bits per heavy atom. The third-order valence-electron chi connectivity index (χ3n) is 15.0. The van der Waals surface area contributed by atoms with E-state index in [-0.39, 0.29) is 38.6 Å². The second kappa shape index (κ2) is 73.7. The summed E-state index contributed by atoms with van der Waals surface area (Å²) < 4.78 is 22.8. The number of likely N-dealkylation sites (N-methyl/N-ethyl adjacent to an activating group) is 1. The minimum absolute atomic E-state index is 0.134. The predicted molar refractivity (Wildman–Crippen MR) is 407 cm³/mol. The number of carboxylic acid groups (broad SMARTS) is 1. The molecule has 0 N–H and O–H groups in total. The van der Waals surface area contributed by atoms with Gasteiger partial charge in [-0.1, -0.05) is 304 Å². The van der Waals surface area contributed by atoms with Gasteiger partial charge in [0, 0.05) is 12.8 Å². The number of ether oxygens (including phenoxy) is 4. The first-order valence-corrected chi connectivity index (χ1v) is 37.2. The first kappa shape index (κ1) is 88.9. The van der Waals surface area contributed by atoms with E-state index >= 15 is 0 Å². The van der Waals surface area contributed by atoms with Crippen LogP contribution in [0.5, 0.6) is 0 Å². The van der Waals surface area contributed by atoms with Gasteiger partial charge >= 0.3 is 11.9 Å². The van der Waals surface area contributed by atoms with Gasteiger partial charge in [0.05, 0.1) is 40.3 Å². The normalized spacial score (nSPS) is 13.9. The molecule has 0 saturated carbocycles.